The van der Waals surface area contributed by atoms with Crippen molar-refractivity contribution in [2.24, 2.45) is 11.5 Å². The molecule has 1 saturated carbocycles. The summed E-state index contributed by atoms with van der Waals surface area (Å²) in [6.07, 6.45) is -0.315. The Morgan fingerprint density at radius 3 is 2.50 bits per heavy atom. The summed E-state index contributed by atoms with van der Waals surface area (Å²) in [5, 5.41) is 29.9. The van der Waals surface area contributed by atoms with Crippen molar-refractivity contribution in [3.8, 4) is 12.1 Å². The van der Waals surface area contributed by atoms with Crippen LogP contribution in [0.3, 0.4) is 0 Å². The quantitative estimate of drug-likeness (QED) is 0.383. The van der Waals surface area contributed by atoms with Crippen LogP contribution in [0.15, 0.2) is 35.4 Å². The smallest absolute Gasteiger partial charge is 0.404 e. The second kappa shape index (κ2) is 10.3. The zero-order valence-corrected chi connectivity index (χ0v) is 18.4. The van der Waals surface area contributed by atoms with Crippen LogP contribution < -0.4 is 16.4 Å². The summed E-state index contributed by atoms with van der Waals surface area (Å²) >= 11 is 1.19. The molecule has 166 valence electrons. The number of nitrogens with zero attached hydrogens (tertiary/aromatic N) is 4. The summed E-state index contributed by atoms with van der Waals surface area (Å²) in [4.78, 5) is 17.2. The standard InChI is InChI=1S/C22H24N6O3S/c1-28(9-10-31-22(26)30)20-15(11-23)17(13-7-8-13)16(12-24)21(27-20)32-18(19(25)29)14-5-3-2-4-6-14/h2-6,13,18-19,29H,7-10,25H2,1H3,(H2,26,30). The second-order valence-electron chi connectivity index (χ2n) is 7.43. The number of nitriles is 2. The average molecular weight is 453 g/mol. The Morgan fingerprint density at radius 2 is 1.97 bits per heavy atom. The number of amides is 1. The van der Waals surface area contributed by atoms with Gasteiger partial charge in [-0.3, -0.25) is 0 Å². The van der Waals surface area contributed by atoms with Gasteiger partial charge in [-0.05, 0) is 29.9 Å². The van der Waals surface area contributed by atoms with Gasteiger partial charge in [0.25, 0.3) is 0 Å². The maximum absolute atomic E-state index is 10.9. The topological polar surface area (TPSA) is 162 Å². The van der Waals surface area contributed by atoms with E-state index in [9.17, 15) is 20.4 Å². The minimum absolute atomic E-state index is 0.0216. The minimum atomic E-state index is -1.19. The molecule has 2 atom stereocenters. The highest BCUT2D eigenvalue weighted by molar-refractivity contribution is 7.99. The summed E-state index contributed by atoms with van der Waals surface area (Å²) in [6.45, 7) is 0.278. The first-order chi connectivity index (χ1) is 15.4. The van der Waals surface area contributed by atoms with Crippen molar-refractivity contribution in [3.63, 3.8) is 0 Å². The molecule has 32 heavy (non-hydrogen) atoms. The Balaban J connectivity index is 2.07. The number of hydrogen-bond donors (Lipinski definition) is 3. The van der Waals surface area contributed by atoms with Crippen molar-refractivity contribution in [1.29, 1.82) is 10.5 Å². The number of rotatable bonds is 9. The number of hydrogen-bond acceptors (Lipinski definition) is 9. The molecular formula is C22H24N6O3S. The summed E-state index contributed by atoms with van der Waals surface area (Å²) in [5.74, 6) is 0.482. The summed E-state index contributed by atoms with van der Waals surface area (Å²) < 4.78 is 4.81. The molecule has 0 radical (unpaired) electrons. The highest BCUT2D eigenvalue weighted by atomic mass is 32.2. The van der Waals surface area contributed by atoms with Gasteiger partial charge in [-0.2, -0.15) is 10.5 Å². The fraction of sp³-hybridized carbons (Fsp3) is 0.364. The van der Waals surface area contributed by atoms with Gasteiger partial charge in [0.05, 0.1) is 22.9 Å². The maximum atomic E-state index is 10.9. The van der Waals surface area contributed by atoms with Gasteiger partial charge in [-0.1, -0.05) is 42.1 Å². The Hall–Kier alpha value is -3.31. The molecule has 1 aromatic heterocycles. The van der Waals surface area contributed by atoms with Crippen LogP contribution in [0.5, 0.6) is 0 Å². The molecule has 0 aliphatic heterocycles. The molecular weight excluding hydrogens is 428 g/mol. The monoisotopic (exact) mass is 452 g/mol. The van der Waals surface area contributed by atoms with E-state index >= 15 is 0 Å². The SMILES string of the molecule is CN(CCOC(N)=O)c1nc(SC(c2ccccc2)C(N)O)c(C#N)c(C2CC2)c1C#N. The van der Waals surface area contributed by atoms with Crippen LogP contribution in [-0.4, -0.2) is 42.6 Å². The van der Waals surface area contributed by atoms with Crippen LogP contribution in [0.2, 0.25) is 0 Å². The number of carbonyl (C=O) groups is 1. The van der Waals surface area contributed by atoms with Crippen LogP contribution in [0.4, 0.5) is 10.6 Å². The van der Waals surface area contributed by atoms with E-state index in [1.54, 1.807) is 11.9 Å². The Labute approximate surface area is 190 Å². The Morgan fingerprint density at radius 1 is 1.31 bits per heavy atom. The van der Waals surface area contributed by atoms with Gasteiger partial charge in [-0.15, -0.1) is 0 Å². The third kappa shape index (κ3) is 5.29. The van der Waals surface area contributed by atoms with Gasteiger partial charge in [-0.25, -0.2) is 9.78 Å². The van der Waals surface area contributed by atoms with Crippen LogP contribution in [-0.2, 0) is 4.74 Å². The molecule has 1 aromatic carbocycles. The number of likely N-dealkylation sites (N-methyl/N-ethyl adjacent to an activating group) is 1. The van der Waals surface area contributed by atoms with Gasteiger partial charge in [0.1, 0.15) is 35.8 Å². The van der Waals surface area contributed by atoms with Crippen molar-refractivity contribution in [2.75, 3.05) is 25.1 Å². The number of nitrogens with two attached hydrogens (primary N) is 2. The van der Waals surface area contributed by atoms with Crippen LogP contribution in [0.1, 0.15) is 46.3 Å². The zero-order chi connectivity index (χ0) is 23.3. The van der Waals surface area contributed by atoms with E-state index in [2.05, 4.69) is 17.1 Å². The fourth-order valence-corrected chi connectivity index (χ4v) is 4.50. The molecule has 1 aliphatic rings. The third-order valence-corrected chi connectivity index (χ3v) is 6.43. The van der Waals surface area contributed by atoms with Crippen molar-refractivity contribution in [2.45, 2.75) is 35.3 Å². The molecule has 0 saturated heterocycles. The van der Waals surface area contributed by atoms with Crippen molar-refractivity contribution < 1.29 is 14.6 Å². The van der Waals surface area contributed by atoms with Crippen LogP contribution in [0.25, 0.3) is 0 Å². The molecule has 3 rings (SSSR count). The Bertz CT molecular complexity index is 1060. The lowest BCUT2D eigenvalue weighted by molar-refractivity contribution is 0.160. The lowest BCUT2D eigenvalue weighted by atomic mass is 10.00. The molecule has 2 aromatic rings. The molecule has 1 fully saturated rings. The largest absolute Gasteiger partial charge is 0.448 e. The maximum Gasteiger partial charge on any atom is 0.404 e. The van der Waals surface area contributed by atoms with E-state index in [1.165, 1.54) is 11.8 Å². The number of ether oxygens (including phenoxy) is 1. The van der Waals surface area contributed by atoms with Crippen molar-refractivity contribution in [1.82, 2.24) is 4.98 Å². The highest BCUT2D eigenvalue weighted by Gasteiger charge is 2.34. The van der Waals surface area contributed by atoms with E-state index in [0.29, 0.717) is 27.5 Å². The average Bonchev–Trinajstić information content (AvgIpc) is 3.61. The lowest BCUT2D eigenvalue weighted by Gasteiger charge is -2.24. The van der Waals surface area contributed by atoms with E-state index in [1.807, 2.05) is 30.3 Å². The number of aliphatic hydroxyl groups excluding tert-OH is 1. The number of pyridine rings is 1. The van der Waals surface area contributed by atoms with Gasteiger partial charge in [0.15, 0.2) is 0 Å². The van der Waals surface area contributed by atoms with E-state index in [4.69, 9.17) is 16.2 Å². The number of primary amides is 1. The minimum Gasteiger partial charge on any atom is -0.448 e. The molecule has 1 aliphatic carbocycles. The number of benzene rings is 1. The van der Waals surface area contributed by atoms with E-state index in [-0.39, 0.29) is 19.1 Å². The van der Waals surface area contributed by atoms with Crippen molar-refractivity contribution in [3.05, 3.63) is 52.6 Å². The summed E-state index contributed by atoms with van der Waals surface area (Å²) in [5.41, 5.74) is 13.0. The molecule has 2 unspecified atom stereocenters. The fourth-order valence-electron chi connectivity index (χ4n) is 3.42. The number of thioether (sulfide) groups is 1. The van der Waals surface area contributed by atoms with Crippen LogP contribution in [0, 0.1) is 22.7 Å². The zero-order valence-electron chi connectivity index (χ0n) is 17.6. The van der Waals surface area contributed by atoms with Crippen molar-refractivity contribution >= 4 is 23.7 Å². The molecule has 10 heteroatoms. The predicted molar refractivity (Wildman–Crippen MR) is 120 cm³/mol. The predicted octanol–water partition coefficient (Wildman–Crippen LogP) is 2.34. The van der Waals surface area contributed by atoms with E-state index in [0.717, 1.165) is 18.4 Å². The van der Waals surface area contributed by atoms with E-state index < -0.39 is 17.6 Å². The molecule has 9 nitrogen and oxygen atoms in total. The van der Waals surface area contributed by atoms with Crippen LogP contribution >= 0.6 is 11.8 Å². The normalized spacial score (nSPS) is 14.7. The first-order valence-corrected chi connectivity index (χ1v) is 10.9. The molecule has 1 heterocycles. The number of anilines is 1. The van der Waals surface area contributed by atoms with Gasteiger partial charge in [0.2, 0.25) is 0 Å². The molecule has 5 N–H and O–H groups in total. The highest BCUT2D eigenvalue weighted by Crippen LogP contribution is 2.48. The number of aliphatic hydroxyl groups is 1. The van der Waals surface area contributed by atoms with Gasteiger partial charge < -0.3 is 26.2 Å². The van der Waals surface area contributed by atoms with Gasteiger partial charge in [0, 0.05) is 7.05 Å². The number of aromatic nitrogens is 1. The molecule has 0 bridgehead atoms. The Kier molecular flexibility index (Phi) is 7.54. The lowest BCUT2D eigenvalue weighted by Crippen LogP contribution is -2.28. The number of carbonyl (C=O) groups excluding carboxylic acids is 1. The summed E-state index contributed by atoms with van der Waals surface area (Å²) in [7, 11) is 1.72. The first-order valence-electron chi connectivity index (χ1n) is 10.0. The molecule has 1 amide bonds. The molecule has 0 spiro atoms. The first kappa shape index (κ1) is 23.4. The summed E-state index contributed by atoms with van der Waals surface area (Å²) in [6, 6.07) is 13.7. The van der Waals surface area contributed by atoms with Gasteiger partial charge >= 0.3 is 6.09 Å². The third-order valence-electron chi connectivity index (χ3n) is 5.10. The second-order valence-corrected chi connectivity index (χ2v) is 8.56.